The molecule has 2 atom stereocenters. The van der Waals surface area contributed by atoms with Gasteiger partial charge in [-0.3, -0.25) is 9.59 Å². The highest BCUT2D eigenvalue weighted by Crippen LogP contribution is 2.65. The maximum Gasteiger partial charge on any atom is 0.257 e. The van der Waals surface area contributed by atoms with Crippen LogP contribution in [-0.4, -0.2) is 30.2 Å². The zero-order valence-corrected chi connectivity index (χ0v) is 23.0. The van der Waals surface area contributed by atoms with Gasteiger partial charge in [0.05, 0.1) is 32.2 Å². The highest BCUT2D eigenvalue weighted by atomic mass is 35.5. The standard InChI is InChI=1S/C25H18Cl5F2N3O2/c1-35(2)22-17(31)7-8-18(21(22)32)34-23(36)13-10-12(4-6-14(13)26)33-24(37)20-19(25(20,29)30)11-3-5-15(27)16(28)9-11/h3-10,19-20H,1-2H3,(H,33,37)(H,34,36)/t19-,20+/m0/s1. The fourth-order valence-corrected chi connectivity index (χ4v) is 5.35. The minimum atomic E-state index is -1.38. The minimum absolute atomic E-state index is 0.0468. The van der Waals surface area contributed by atoms with E-state index in [0.29, 0.717) is 15.6 Å². The number of alkyl halides is 2. The SMILES string of the molecule is CN(C)c1c(F)ccc(NC(=O)c2cc(NC(=O)[C@H]3[C@H](c4ccc(Cl)c(Cl)c4)C3(Cl)Cl)ccc2Cl)c1F. The van der Waals surface area contributed by atoms with Gasteiger partial charge in [0.15, 0.2) is 5.82 Å². The quantitative estimate of drug-likeness (QED) is 0.282. The lowest BCUT2D eigenvalue weighted by Gasteiger charge is -2.17. The van der Waals surface area contributed by atoms with Gasteiger partial charge >= 0.3 is 0 Å². The summed E-state index contributed by atoms with van der Waals surface area (Å²) in [4.78, 5) is 27.1. The predicted octanol–water partition coefficient (Wildman–Crippen LogP) is 7.77. The molecule has 0 radical (unpaired) electrons. The summed E-state index contributed by atoms with van der Waals surface area (Å²) in [5.74, 6) is -4.32. The molecule has 12 heteroatoms. The number of nitrogens with one attached hydrogen (secondary N) is 2. The molecule has 0 unspecified atom stereocenters. The van der Waals surface area contributed by atoms with E-state index in [9.17, 15) is 18.4 Å². The number of carbonyl (C=O) groups is 2. The van der Waals surface area contributed by atoms with E-state index in [-0.39, 0.29) is 27.6 Å². The highest BCUT2D eigenvalue weighted by Gasteiger charge is 2.67. The number of hydrogen-bond donors (Lipinski definition) is 2. The van der Waals surface area contributed by atoms with E-state index >= 15 is 0 Å². The van der Waals surface area contributed by atoms with E-state index in [1.54, 1.807) is 18.2 Å². The molecule has 0 aromatic heterocycles. The molecule has 3 aromatic rings. The third-order valence-electron chi connectivity index (χ3n) is 5.88. The van der Waals surface area contributed by atoms with Crippen LogP contribution in [0.3, 0.4) is 0 Å². The molecule has 0 bridgehead atoms. The van der Waals surface area contributed by atoms with Crippen LogP contribution in [0.1, 0.15) is 21.8 Å². The van der Waals surface area contributed by atoms with Crippen LogP contribution in [0.2, 0.25) is 15.1 Å². The number of nitrogens with zero attached hydrogens (tertiary/aromatic N) is 1. The average Bonchev–Trinajstić information content (AvgIpc) is 3.40. The van der Waals surface area contributed by atoms with Crippen LogP contribution in [-0.2, 0) is 4.79 Å². The van der Waals surface area contributed by atoms with E-state index in [0.717, 1.165) is 12.1 Å². The predicted molar refractivity (Wildman–Crippen MR) is 146 cm³/mol. The Morgan fingerprint density at radius 3 is 2.22 bits per heavy atom. The Morgan fingerprint density at radius 2 is 1.57 bits per heavy atom. The molecule has 3 aromatic carbocycles. The van der Waals surface area contributed by atoms with Crippen LogP contribution >= 0.6 is 58.0 Å². The van der Waals surface area contributed by atoms with E-state index in [2.05, 4.69) is 10.6 Å². The van der Waals surface area contributed by atoms with Gasteiger partial charge in [0.2, 0.25) is 5.91 Å². The number of halogens is 7. The summed E-state index contributed by atoms with van der Waals surface area (Å²) >= 11 is 31.0. The van der Waals surface area contributed by atoms with Gasteiger partial charge in [-0.1, -0.05) is 40.9 Å². The molecular formula is C25H18Cl5F2N3O2. The normalized spacial score (nSPS) is 17.8. The molecule has 37 heavy (non-hydrogen) atoms. The lowest BCUT2D eigenvalue weighted by atomic mass is 10.1. The lowest BCUT2D eigenvalue weighted by molar-refractivity contribution is -0.117. The second-order valence-corrected chi connectivity index (χ2v) is 11.3. The van der Waals surface area contributed by atoms with Crippen LogP contribution in [0.15, 0.2) is 48.5 Å². The monoisotopic (exact) mass is 605 g/mol. The average molecular weight is 608 g/mol. The fraction of sp³-hybridized carbons (Fsp3) is 0.200. The summed E-state index contributed by atoms with van der Waals surface area (Å²) in [6, 6.07) is 11.2. The molecule has 0 heterocycles. The number of carbonyl (C=O) groups excluding carboxylic acids is 2. The Balaban J connectivity index is 1.53. The number of anilines is 3. The summed E-state index contributed by atoms with van der Waals surface area (Å²) < 4.78 is 27.4. The van der Waals surface area contributed by atoms with E-state index in [1.807, 2.05) is 0 Å². The maximum absolute atomic E-state index is 14.8. The molecule has 1 fully saturated rings. The number of benzene rings is 3. The molecule has 1 aliphatic rings. The molecule has 2 N–H and O–H groups in total. The lowest BCUT2D eigenvalue weighted by Crippen LogP contribution is -2.19. The molecule has 1 saturated carbocycles. The molecule has 0 aliphatic heterocycles. The Morgan fingerprint density at radius 1 is 0.892 bits per heavy atom. The topological polar surface area (TPSA) is 61.4 Å². The van der Waals surface area contributed by atoms with Crippen molar-refractivity contribution in [3.05, 3.63) is 86.4 Å². The van der Waals surface area contributed by atoms with Crippen molar-refractivity contribution in [1.82, 2.24) is 0 Å². The Kier molecular flexibility index (Phi) is 7.84. The third-order valence-corrected chi connectivity index (χ3v) is 7.89. The first-order valence-electron chi connectivity index (χ1n) is 10.7. The first kappa shape index (κ1) is 27.7. The zero-order chi connectivity index (χ0) is 27.2. The van der Waals surface area contributed by atoms with Crippen molar-refractivity contribution in [1.29, 1.82) is 0 Å². The van der Waals surface area contributed by atoms with Crippen LogP contribution in [0, 0.1) is 17.6 Å². The molecule has 1 aliphatic carbocycles. The summed E-state index contributed by atoms with van der Waals surface area (Å²) in [7, 11) is 2.94. The molecule has 2 amide bonds. The van der Waals surface area contributed by atoms with E-state index < -0.39 is 39.6 Å². The van der Waals surface area contributed by atoms with Gasteiger partial charge in [0.25, 0.3) is 5.91 Å². The Bertz CT molecular complexity index is 1420. The highest BCUT2D eigenvalue weighted by molar-refractivity contribution is 6.53. The van der Waals surface area contributed by atoms with E-state index in [4.69, 9.17) is 58.0 Å². The summed E-state index contributed by atoms with van der Waals surface area (Å²) in [6.45, 7) is 0. The molecule has 4 rings (SSSR count). The zero-order valence-electron chi connectivity index (χ0n) is 19.2. The second kappa shape index (κ2) is 10.5. The summed E-state index contributed by atoms with van der Waals surface area (Å²) in [6.07, 6.45) is 0. The molecule has 194 valence electrons. The summed E-state index contributed by atoms with van der Waals surface area (Å²) in [5, 5.41) is 5.77. The van der Waals surface area contributed by atoms with Gasteiger partial charge in [-0.2, -0.15) is 0 Å². The first-order valence-corrected chi connectivity index (χ1v) is 12.6. The first-order chi connectivity index (χ1) is 17.3. The van der Waals surface area contributed by atoms with Gasteiger partial charge in [-0.05, 0) is 48.0 Å². The van der Waals surface area contributed by atoms with Gasteiger partial charge in [0, 0.05) is 25.7 Å². The van der Waals surface area contributed by atoms with Gasteiger partial charge in [0.1, 0.15) is 15.8 Å². The Hall–Kier alpha value is -2.29. The maximum atomic E-state index is 14.8. The number of hydrogen-bond acceptors (Lipinski definition) is 3. The fourth-order valence-electron chi connectivity index (χ4n) is 4.01. The minimum Gasteiger partial charge on any atom is -0.373 e. The van der Waals surface area contributed by atoms with Crippen LogP contribution in [0.5, 0.6) is 0 Å². The molecular weight excluding hydrogens is 590 g/mol. The third kappa shape index (κ3) is 5.47. The summed E-state index contributed by atoms with van der Waals surface area (Å²) in [5.41, 5.74) is 0.286. The van der Waals surface area contributed by atoms with Crippen molar-refractivity contribution in [2.75, 3.05) is 29.6 Å². The van der Waals surface area contributed by atoms with Crippen molar-refractivity contribution >= 4 is 86.9 Å². The van der Waals surface area contributed by atoms with Gasteiger partial charge in [-0.15, -0.1) is 23.2 Å². The Labute approximate surface area is 236 Å². The smallest absolute Gasteiger partial charge is 0.257 e. The van der Waals surface area contributed by atoms with Gasteiger partial charge in [-0.25, -0.2) is 8.78 Å². The van der Waals surface area contributed by atoms with Crippen LogP contribution < -0.4 is 15.5 Å². The second-order valence-electron chi connectivity index (χ2n) is 8.59. The van der Waals surface area contributed by atoms with Crippen LogP contribution in [0.4, 0.5) is 25.8 Å². The largest absolute Gasteiger partial charge is 0.373 e. The van der Waals surface area contributed by atoms with Crippen LogP contribution in [0.25, 0.3) is 0 Å². The van der Waals surface area contributed by atoms with Crippen molar-refractivity contribution in [2.45, 2.75) is 10.3 Å². The number of rotatable bonds is 6. The van der Waals surface area contributed by atoms with Crippen molar-refractivity contribution in [3.8, 4) is 0 Å². The van der Waals surface area contributed by atoms with Crippen molar-refractivity contribution in [3.63, 3.8) is 0 Å². The molecule has 0 spiro atoms. The van der Waals surface area contributed by atoms with Gasteiger partial charge < -0.3 is 15.5 Å². The van der Waals surface area contributed by atoms with E-state index in [1.165, 1.54) is 37.2 Å². The number of amides is 2. The molecule has 0 saturated heterocycles. The van der Waals surface area contributed by atoms with Crippen molar-refractivity contribution in [2.24, 2.45) is 5.92 Å². The molecule has 5 nitrogen and oxygen atoms in total. The van der Waals surface area contributed by atoms with Crippen molar-refractivity contribution < 1.29 is 18.4 Å².